The van der Waals surface area contributed by atoms with Crippen molar-refractivity contribution in [3.63, 3.8) is 0 Å². The molecule has 12 nitrogen and oxygen atoms in total. The molecular weight excluding hydrogens is 919 g/mol. The van der Waals surface area contributed by atoms with Crippen molar-refractivity contribution in [2.24, 2.45) is 17.8 Å². The highest BCUT2D eigenvalue weighted by Gasteiger charge is 2.35. The Kier molecular flexibility index (Phi) is 25.5. The molecule has 2 aromatic carbocycles. The second kappa shape index (κ2) is 30.8. The number of para-hydroxylation sites is 1. The van der Waals surface area contributed by atoms with Gasteiger partial charge >= 0.3 is 11.9 Å². The summed E-state index contributed by atoms with van der Waals surface area (Å²) in [5, 5.41) is 16.0. The summed E-state index contributed by atoms with van der Waals surface area (Å²) in [4.78, 5) is 61.2. The number of amides is 2. The van der Waals surface area contributed by atoms with E-state index in [2.05, 4.69) is 56.7 Å². The molecule has 0 saturated carbocycles. The quantitative estimate of drug-likeness (QED) is 0.0101. The Labute approximate surface area is 438 Å². The van der Waals surface area contributed by atoms with Crippen LogP contribution in [0, 0.1) is 45.4 Å². The van der Waals surface area contributed by atoms with Crippen molar-refractivity contribution in [1.29, 1.82) is 0 Å². The van der Waals surface area contributed by atoms with E-state index in [1.165, 1.54) is 51.9 Å². The van der Waals surface area contributed by atoms with Crippen LogP contribution in [0.15, 0.2) is 41.7 Å². The maximum Gasteiger partial charge on any atom is 0.311 e. The fourth-order valence-corrected chi connectivity index (χ4v) is 10.5. The Bertz CT molecular complexity index is 2340. The van der Waals surface area contributed by atoms with E-state index < -0.39 is 17.8 Å². The van der Waals surface area contributed by atoms with Gasteiger partial charge in [0.2, 0.25) is 11.4 Å². The molecule has 0 aliphatic carbocycles. The van der Waals surface area contributed by atoms with Crippen molar-refractivity contribution in [3.8, 4) is 11.5 Å². The van der Waals surface area contributed by atoms with Crippen molar-refractivity contribution in [1.82, 2.24) is 5.32 Å². The van der Waals surface area contributed by atoms with E-state index in [0.717, 1.165) is 146 Å². The molecule has 2 amide bonds. The SMILES string of the molecule is C/C(OC=O)=C(\CCC(=O)O)C(=O)Nc1cc(C)[n+](CCCCCCCCCCNC(=O)CCC(=O)Oc2c(C)c(C)c3c(c2C)CCC(C)(CCCC(C)CCCC(C)CCCC(C)C)O3)c2ccccc12. The van der Waals surface area contributed by atoms with E-state index in [1.54, 1.807) is 0 Å². The number of carbonyl (C=O) groups excluding carboxylic acids is 4. The van der Waals surface area contributed by atoms with Crippen molar-refractivity contribution < 1.29 is 47.9 Å². The van der Waals surface area contributed by atoms with Gasteiger partial charge in [0.1, 0.15) is 29.4 Å². The van der Waals surface area contributed by atoms with Crippen molar-refractivity contribution >= 4 is 46.8 Å². The van der Waals surface area contributed by atoms with Crippen LogP contribution in [0.4, 0.5) is 5.69 Å². The number of ether oxygens (including phenoxy) is 3. The van der Waals surface area contributed by atoms with Gasteiger partial charge in [0.15, 0.2) is 5.69 Å². The molecule has 0 spiro atoms. The molecule has 1 aliphatic rings. The molecule has 4 rings (SSSR count). The van der Waals surface area contributed by atoms with E-state index in [0.29, 0.717) is 18.0 Å². The molecule has 12 heteroatoms. The van der Waals surface area contributed by atoms with Crippen LogP contribution in [-0.4, -0.2) is 47.5 Å². The average Bonchev–Trinajstić information content (AvgIpc) is 3.33. The van der Waals surface area contributed by atoms with Crippen LogP contribution in [0.2, 0.25) is 0 Å². The summed E-state index contributed by atoms with van der Waals surface area (Å²) >= 11 is 0. The first-order valence-corrected chi connectivity index (χ1v) is 27.9. The normalized spacial score (nSPS) is 15.5. The molecule has 3 unspecified atom stereocenters. The summed E-state index contributed by atoms with van der Waals surface area (Å²) in [6.45, 7) is 23.0. The molecular formula is C61H92N3O9+. The van der Waals surface area contributed by atoms with E-state index in [9.17, 15) is 29.1 Å². The summed E-state index contributed by atoms with van der Waals surface area (Å²) in [5.74, 6) is 1.92. The number of aromatic nitrogens is 1. The molecule has 3 atom stereocenters. The summed E-state index contributed by atoms with van der Waals surface area (Å²) in [6, 6.07) is 9.77. The standard InChI is InChI=1S/C61H91N3O9/c1-42(2)24-21-25-43(3)26-22-27-44(4)28-23-36-61(10)37-35-50-48(8)58(46(6)47(7)59(50)73-61)72-57(69)34-32-55(66)62-38-19-15-13-11-12-14-16-20-39-64-45(5)40-53(52-29-17-18-30-54(52)64)63-60(70)51(31-33-56(67)68)49(9)71-41-65/h17-18,29-30,40-44H,11-16,19-28,31-39H2,1-10H3,(H2,62,66,67,68)/p+1/b51-49-. The molecule has 404 valence electrons. The zero-order chi connectivity index (χ0) is 53.5. The maximum atomic E-state index is 13.3. The number of hydrogen-bond donors (Lipinski definition) is 3. The van der Waals surface area contributed by atoms with Crippen LogP contribution in [-0.2, 0) is 41.7 Å². The lowest BCUT2D eigenvalue weighted by Crippen LogP contribution is -2.38. The van der Waals surface area contributed by atoms with Gasteiger partial charge in [-0.25, -0.2) is 0 Å². The predicted molar refractivity (Wildman–Crippen MR) is 292 cm³/mol. The number of aryl methyl sites for hydroxylation is 2. The van der Waals surface area contributed by atoms with Gasteiger partial charge in [0.05, 0.1) is 23.1 Å². The first-order valence-electron chi connectivity index (χ1n) is 27.9. The molecule has 1 aromatic heterocycles. The van der Waals surface area contributed by atoms with Gasteiger partial charge in [-0.15, -0.1) is 0 Å². The molecule has 73 heavy (non-hydrogen) atoms. The lowest BCUT2D eigenvalue weighted by atomic mass is 9.83. The van der Waals surface area contributed by atoms with Gasteiger partial charge < -0.3 is 30.0 Å². The Morgan fingerprint density at radius 3 is 2.07 bits per heavy atom. The Morgan fingerprint density at radius 2 is 1.41 bits per heavy atom. The van der Waals surface area contributed by atoms with Gasteiger partial charge in [-0.2, -0.15) is 4.57 Å². The average molecular weight is 1010 g/mol. The molecule has 3 N–H and O–H groups in total. The Morgan fingerprint density at radius 1 is 0.781 bits per heavy atom. The highest BCUT2D eigenvalue weighted by molar-refractivity contribution is 6.08. The monoisotopic (exact) mass is 1010 g/mol. The van der Waals surface area contributed by atoms with E-state index in [4.69, 9.17) is 14.2 Å². The molecule has 0 saturated heterocycles. The number of fused-ring (bicyclic) bond motifs is 2. The summed E-state index contributed by atoms with van der Waals surface area (Å²) in [5.41, 5.74) is 6.50. The summed E-state index contributed by atoms with van der Waals surface area (Å²) < 4.78 is 20.0. The molecule has 0 bridgehead atoms. The third-order valence-electron chi connectivity index (χ3n) is 15.3. The third kappa shape index (κ3) is 19.8. The van der Waals surface area contributed by atoms with E-state index in [-0.39, 0.29) is 55.0 Å². The zero-order valence-corrected chi connectivity index (χ0v) is 46.5. The van der Waals surface area contributed by atoms with Crippen molar-refractivity contribution in [2.75, 3.05) is 11.9 Å². The number of rotatable bonds is 34. The minimum absolute atomic E-state index is 0.0271. The fourth-order valence-electron chi connectivity index (χ4n) is 10.5. The maximum absolute atomic E-state index is 13.3. The van der Waals surface area contributed by atoms with Crippen LogP contribution in [0.25, 0.3) is 10.9 Å². The highest BCUT2D eigenvalue weighted by atomic mass is 16.5. The number of aliphatic carboxylic acids is 1. The number of carboxylic acid groups (broad SMARTS) is 1. The van der Waals surface area contributed by atoms with Crippen LogP contribution in [0.3, 0.4) is 0 Å². The number of benzene rings is 2. The van der Waals surface area contributed by atoms with Crippen LogP contribution in [0.5, 0.6) is 11.5 Å². The largest absolute Gasteiger partial charge is 0.487 e. The number of carboxylic acids is 1. The van der Waals surface area contributed by atoms with Gasteiger partial charge in [0.25, 0.3) is 12.4 Å². The van der Waals surface area contributed by atoms with Crippen molar-refractivity contribution in [2.45, 2.75) is 229 Å². The number of unbranched alkanes of at least 4 members (excludes halogenated alkanes) is 7. The van der Waals surface area contributed by atoms with Crippen LogP contribution in [0.1, 0.15) is 211 Å². The van der Waals surface area contributed by atoms with Gasteiger partial charge in [-0.1, -0.05) is 117 Å². The number of nitrogens with one attached hydrogen (secondary N) is 2. The third-order valence-corrected chi connectivity index (χ3v) is 15.3. The molecule has 3 aromatic rings. The summed E-state index contributed by atoms with van der Waals surface area (Å²) in [6.07, 6.45) is 21.6. The number of esters is 1. The Balaban J connectivity index is 1.10. The minimum Gasteiger partial charge on any atom is -0.487 e. The molecule has 0 radical (unpaired) electrons. The molecule has 2 heterocycles. The first-order chi connectivity index (χ1) is 34.8. The predicted octanol–water partition coefficient (Wildman–Crippen LogP) is 13.8. The topological polar surface area (TPSA) is 161 Å². The number of carbonyl (C=O) groups is 5. The first kappa shape index (κ1) is 60.3. The number of anilines is 1. The zero-order valence-electron chi connectivity index (χ0n) is 46.5. The van der Waals surface area contributed by atoms with Gasteiger partial charge in [-0.05, 0) is 120 Å². The van der Waals surface area contributed by atoms with Crippen molar-refractivity contribution in [3.05, 3.63) is 69.6 Å². The lowest BCUT2D eigenvalue weighted by molar-refractivity contribution is -0.677. The number of nitrogens with zero attached hydrogens (tertiary/aromatic N) is 1. The van der Waals surface area contributed by atoms with Crippen LogP contribution >= 0.6 is 0 Å². The smallest absolute Gasteiger partial charge is 0.311 e. The Hall–Kier alpha value is -5.26. The second-order valence-corrected chi connectivity index (χ2v) is 22.0. The minimum atomic E-state index is -1.05. The number of hydrogen-bond acceptors (Lipinski definition) is 8. The molecule has 1 aliphatic heterocycles. The second-order valence-electron chi connectivity index (χ2n) is 22.0. The number of allylic oxidation sites excluding steroid dienone is 1. The summed E-state index contributed by atoms with van der Waals surface area (Å²) in [7, 11) is 0. The van der Waals surface area contributed by atoms with E-state index >= 15 is 0 Å². The fraction of sp³-hybridized carbons (Fsp3) is 0.639. The molecule has 0 fully saturated rings. The highest BCUT2D eigenvalue weighted by Crippen LogP contribution is 2.45. The lowest BCUT2D eigenvalue weighted by Gasteiger charge is -2.38. The van der Waals surface area contributed by atoms with Gasteiger partial charge in [0, 0.05) is 50.4 Å². The van der Waals surface area contributed by atoms with Gasteiger partial charge in [-0.3, -0.25) is 24.0 Å². The number of pyridine rings is 1. The van der Waals surface area contributed by atoms with Crippen LogP contribution < -0.4 is 24.7 Å². The van der Waals surface area contributed by atoms with E-state index in [1.807, 2.05) is 51.1 Å².